The van der Waals surface area contributed by atoms with Gasteiger partial charge in [-0.05, 0) is 24.6 Å². The van der Waals surface area contributed by atoms with Crippen LogP contribution in [0.4, 0.5) is 0 Å². The van der Waals surface area contributed by atoms with Crippen molar-refractivity contribution in [3.63, 3.8) is 0 Å². The molecule has 0 saturated heterocycles. The number of aromatic nitrogens is 1. The lowest BCUT2D eigenvalue weighted by Gasteiger charge is -2.11. The molecule has 0 radical (unpaired) electrons. The van der Waals surface area contributed by atoms with E-state index in [1.807, 2.05) is 0 Å². The Morgan fingerprint density at radius 3 is 2.15 bits per heavy atom. The number of nitrogens with zero attached hydrogens (tertiary/aromatic N) is 1. The molecule has 1 aromatic heterocycles. The smallest absolute Gasteiger partial charge is 0.202 e. The molecule has 102 valence electrons. The zero-order chi connectivity index (χ0) is 14.0. The Kier molecular flexibility index (Phi) is 2.41. The average molecular weight is 308 g/mol. The number of aromatic hydroxyl groups is 2. The van der Waals surface area contributed by atoms with Gasteiger partial charge in [-0.25, -0.2) is 4.57 Å². The van der Waals surface area contributed by atoms with Crippen LogP contribution >= 0.6 is 23.2 Å². The number of benzene rings is 1. The summed E-state index contributed by atoms with van der Waals surface area (Å²) in [5.41, 5.74) is 2.17. The van der Waals surface area contributed by atoms with Crippen molar-refractivity contribution >= 4 is 23.2 Å². The van der Waals surface area contributed by atoms with Crippen LogP contribution in [0.25, 0.3) is 5.69 Å². The lowest BCUT2D eigenvalue weighted by atomic mass is 10.0. The molecule has 0 aliphatic heterocycles. The van der Waals surface area contributed by atoms with E-state index in [-0.39, 0.29) is 23.6 Å². The largest absolute Gasteiger partial charge is 0.494 e. The molecule has 0 saturated carbocycles. The van der Waals surface area contributed by atoms with Crippen molar-refractivity contribution in [2.75, 3.05) is 0 Å². The quantitative estimate of drug-likeness (QED) is 0.770. The highest BCUT2D eigenvalue weighted by Gasteiger charge is 2.41. The first-order valence-electron chi connectivity index (χ1n) is 6.38. The molecule has 1 aromatic carbocycles. The van der Waals surface area contributed by atoms with Gasteiger partial charge in [0.05, 0.1) is 10.7 Å². The van der Waals surface area contributed by atoms with Gasteiger partial charge in [0, 0.05) is 28.0 Å². The van der Waals surface area contributed by atoms with Crippen LogP contribution in [0.2, 0.25) is 10.0 Å². The summed E-state index contributed by atoms with van der Waals surface area (Å²) in [6, 6.07) is 4.96. The van der Waals surface area contributed by atoms with E-state index >= 15 is 0 Å². The van der Waals surface area contributed by atoms with E-state index in [2.05, 4.69) is 12.2 Å². The molecule has 2 unspecified atom stereocenters. The lowest BCUT2D eigenvalue weighted by molar-refractivity contribution is 0.395. The molecular formula is C15H11Cl2NO2. The summed E-state index contributed by atoms with van der Waals surface area (Å²) in [7, 11) is 0. The Bertz CT molecular complexity index is 728. The van der Waals surface area contributed by atoms with Crippen LogP contribution in [0.1, 0.15) is 29.4 Å². The zero-order valence-corrected chi connectivity index (χ0v) is 11.9. The Morgan fingerprint density at radius 1 is 1.00 bits per heavy atom. The molecule has 3 nitrogen and oxygen atoms in total. The lowest BCUT2D eigenvalue weighted by Crippen LogP contribution is -1.96. The highest BCUT2D eigenvalue weighted by molar-refractivity contribution is 6.35. The Morgan fingerprint density at radius 2 is 1.60 bits per heavy atom. The fourth-order valence-electron chi connectivity index (χ4n) is 3.33. The van der Waals surface area contributed by atoms with Gasteiger partial charge in [-0.2, -0.15) is 0 Å². The topological polar surface area (TPSA) is 45.4 Å². The van der Waals surface area contributed by atoms with Crippen LogP contribution in [0.5, 0.6) is 11.8 Å². The van der Waals surface area contributed by atoms with Crippen LogP contribution in [0.15, 0.2) is 30.4 Å². The Balaban J connectivity index is 1.97. The molecule has 2 atom stereocenters. The van der Waals surface area contributed by atoms with Crippen LogP contribution in [-0.4, -0.2) is 14.8 Å². The first kappa shape index (κ1) is 12.2. The van der Waals surface area contributed by atoms with Gasteiger partial charge in [0.2, 0.25) is 11.8 Å². The fraction of sp³-hybridized carbons (Fsp3) is 0.200. The Hall–Kier alpha value is -1.58. The third kappa shape index (κ3) is 1.42. The van der Waals surface area contributed by atoms with Crippen molar-refractivity contribution < 1.29 is 10.2 Å². The minimum atomic E-state index is 0.0681. The highest BCUT2D eigenvalue weighted by atomic mass is 35.5. The number of fused-ring (bicyclic) bond motifs is 5. The minimum Gasteiger partial charge on any atom is -0.494 e. The highest BCUT2D eigenvalue weighted by Crippen LogP contribution is 2.57. The molecule has 0 amide bonds. The molecule has 2 aromatic rings. The Labute approximate surface area is 125 Å². The summed E-state index contributed by atoms with van der Waals surface area (Å²) in [5.74, 6) is 0.513. The van der Waals surface area contributed by atoms with E-state index < -0.39 is 0 Å². The van der Waals surface area contributed by atoms with Gasteiger partial charge in [0.25, 0.3) is 0 Å². The van der Waals surface area contributed by atoms with Crippen molar-refractivity contribution in [1.29, 1.82) is 0 Å². The second kappa shape index (κ2) is 3.96. The standard InChI is InChI=1S/C15H11Cl2NO2/c16-9-3-4-11(10(17)6-9)18-14(19)12-7-1-2-8(5-7)13(12)15(18)20/h1-4,6-8,19-20H,5H2. The molecular weight excluding hydrogens is 297 g/mol. The molecule has 2 bridgehead atoms. The van der Waals surface area contributed by atoms with Gasteiger partial charge in [-0.3, -0.25) is 0 Å². The van der Waals surface area contributed by atoms with Crippen molar-refractivity contribution in [3.8, 4) is 17.4 Å². The molecule has 2 aliphatic rings. The maximum atomic E-state index is 10.5. The van der Waals surface area contributed by atoms with Crippen molar-refractivity contribution in [2.45, 2.75) is 18.3 Å². The molecule has 1 heterocycles. The number of hydrogen-bond donors (Lipinski definition) is 2. The average Bonchev–Trinajstić information content (AvgIpc) is 3.06. The summed E-state index contributed by atoms with van der Waals surface area (Å²) in [6.45, 7) is 0. The molecule has 5 heteroatoms. The van der Waals surface area contributed by atoms with Gasteiger partial charge in [-0.1, -0.05) is 35.4 Å². The van der Waals surface area contributed by atoms with Crippen molar-refractivity contribution in [1.82, 2.24) is 4.57 Å². The van der Waals surface area contributed by atoms with Crippen molar-refractivity contribution in [2.24, 2.45) is 0 Å². The van der Waals surface area contributed by atoms with Crippen molar-refractivity contribution in [3.05, 3.63) is 51.5 Å². The first-order valence-corrected chi connectivity index (χ1v) is 7.13. The molecule has 0 spiro atoms. The maximum absolute atomic E-state index is 10.5. The maximum Gasteiger partial charge on any atom is 0.202 e. The predicted octanol–water partition coefficient (Wildman–Crippen LogP) is 4.34. The van der Waals surface area contributed by atoms with Crippen LogP contribution < -0.4 is 0 Å². The van der Waals surface area contributed by atoms with Crippen LogP contribution in [0, 0.1) is 0 Å². The molecule has 0 fully saturated rings. The van der Waals surface area contributed by atoms with E-state index in [9.17, 15) is 10.2 Å². The summed E-state index contributed by atoms with van der Waals surface area (Å²) in [4.78, 5) is 0. The second-order valence-electron chi connectivity index (χ2n) is 5.24. The van der Waals surface area contributed by atoms with Crippen LogP contribution in [0.3, 0.4) is 0 Å². The number of rotatable bonds is 1. The summed E-state index contributed by atoms with van der Waals surface area (Å²) in [6.07, 6.45) is 5.10. The monoisotopic (exact) mass is 307 g/mol. The zero-order valence-electron chi connectivity index (χ0n) is 10.3. The fourth-order valence-corrected chi connectivity index (χ4v) is 3.82. The number of halogens is 2. The molecule has 20 heavy (non-hydrogen) atoms. The van der Waals surface area contributed by atoms with Gasteiger partial charge < -0.3 is 10.2 Å². The SMILES string of the molecule is Oc1c2c(c(O)n1-c1ccc(Cl)cc1Cl)C1C=CC2C1. The number of hydrogen-bond acceptors (Lipinski definition) is 2. The van der Waals surface area contributed by atoms with E-state index in [1.54, 1.807) is 18.2 Å². The van der Waals surface area contributed by atoms with Gasteiger partial charge >= 0.3 is 0 Å². The summed E-state index contributed by atoms with van der Waals surface area (Å²) < 4.78 is 1.40. The minimum absolute atomic E-state index is 0.0681. The van der Waals surface area contributed by atoms with E-state index in [1.165, 1.54) is 4.57 Å². The third-order valence-corrected chi connectivity index (χ3v) is 4.71. The number of allylic oxidation sites excluding steroid dienone is 2. The summed E-state index contributed by atoms with van der Waals surface area (Å²) in [5, 5.41) is 21.9. The van der Waals surface area contributed by atoms with E-state index in [0.29, 0.717) is 15.7 Å². The van der Waals surface area contributed by atoms with Gasteiger partial charge in [-0.15, -0.1) is 0 Å². The van der Waals surface area contributed by atoms with E-state index in [0.717, 1.165) is 17.5 Å². The van der Waals surface area contributed by atoms with Crippen LogP contribution in [-0.2, 0) is 0 Å². The normalized spacial score (nSPS) is 22.5. The molecule has 2 N–H and O–H groups in total. The molecule has 2 aliphatic carbocycles. The predicted molar refractivity (Wildman–Crippen MR) is 78.4 cm³/mol. The second-order valence-corrected chi connectivity index (χ2v) is 6.08. The summed E-state index contributed by atoms with van der Waals surface area (Å²) >= 11 is 12.1. The first-order chi connectivity index (χ1) is 9.58. The molecule has 4 rings (SSSR count). The van der Waals surface area contributed by atoms with E-state index in [4.69, 9.17) is 23.2 Å². The third-order valence-electron chi connectivity index (χ3n) is 4.17. The van der Waals surface area contributed by atoms with Gasteiger partial charge in [0.15, 0.2) is 0 Å². The van der Waals surface area contributed by atoms with Gasteiger partial charge in [0.1, 0.15) is 0 Å².